The molecule has 136 valence electrons. The molecule has 0 radical (unpaired) electrons. The molecule has 0 aliphatic rings. The topological polar surface area (TPSA) is 80.1 Å². The molecule has 26 heavy (non-hydrogen) atoms. The van der Waals surface area contributed by atoms with E-state index < -0.39 is 0 Å². The van der Waals surface area contributed by atoms with Gasteiger partial charge in [-0.15, -0.1) is 0 Å². The van der Waals surface area contributed by atoms with Crippen LogP contribution in [-0.2, 0) is 0 Å². The maximum absolute atomic E-state index is 6.25. The highest BCUT2D eigenvalue weighted by Crippen LogP contribution is 2.18. The number of aliphatic imine (C=N–C) groups is 1. The lowest BCUT2D eigenvalue weighted by Gasteiger charge is -2.17. The molecule has 1 aromatic heterocycles. The molecule has 1 heterocycles. The van der Waals surface area contributed by atoms with Gasteiger partial charge < -0.3 is 10.6 Å². The SMILES string of the molecule is C=CN(CCC)CCN=C(N)/C=C\C(=[NH2+])c1cc2cnccc2cc1C. The number of aromatic nitrogens is 1. The van der Waals surface area contributed by atoms with Gasteiger partial charge >= 0.3 is 0 Å². The van der Waals surface area contributed by atoms with Crippen molar-refractivity contribution in [3.8, 4) is 0 Å². The van der Waals surface area contributed by atoms with Crippen LogP contribution in [0, 0.1) is 6.92 Å². The Hall–Kier alpha value is -2.95. The summed E-state index contributed by atoms with van der Waals surface area (Å²) in [4.78, 5) is 10.7. The van der Waals surface area contributed by atoms with Gasteiger partial charge in [-0.2, -0.15) is 0 Å². The van der Waals surface area contributed by atoms with Crippen LogP contribution in [0.3, 0.4) is 0 Å². The first kappa shape index (κ1) is 19.4. The number of benzene rings is 1. The predicted molar refractivity (Wildman–Crippen MR) is 110 cm³/mol. The highest BCUT2D eigenvalue weighted by Gasteiger charge is 2.09. The van der Waals surface area contributed by atoms with Crippen LogP contribution in [0.4, 0.5) is 0 Å². The van der Waals surface area contributed by atoms with Gasteiger partial charge in [0.25, 0.3) is 0 Å². The second kappa shape index (κ2) is 9.51. The van der Waals surface area contributed by atoms with Crippen molar-refractivity contribution in [2.45, 2.75) is 20.3 Å². The zero-order valence-electron chi connectivity index (χ0n) is 15.7. The largest absolute Gasteiger partial charge is 0.384 e. The van der Waals surface area contributed by atoms with Crippen LogP contribution in [0.15, 0.2) is 60.5 Å². The van der Waals surface area contributed by atoms with Crippen LogP contribution < -0.4 is 11.1 Å². The van der Waals surface area contributed by atoms with E-state index in [4.69, 9.17) is 11.1 Å². The molecule has 0 spiro atoms. The number of allylic oxidation sites excluding steroid dienone is 1. The minimum absolute atomic E-state index is 0.466. The van der Waals surface area contributed by atoms with E-state index in [0.29, 0.717) is 18.1 Å². The quantitative estimate of drug-likeness (QED) is 0.535. The van der Waals surface area contributed by atoms with Crippen molar-refractivity contribution in [3.63, 3.8) is 0 Å². The molecular weight excluding hydrogens is 322 g/mol. The van der Waals surface area contributed by atoms with Crippen LogP contribution in [0.1, 0.15) is 24.5 Å². The average Bonchev–Trinajstić information content (AvgIpc) is 2.64. The third-order valence-electron chi connectivity index (χ3n) is 4.18. The van der Waals surface area contributed by atoms with Crippen molar-refractivity contribution in [3.05, 3.63) is 66.7 Å². The number of hydrogen-bond donors (Lipinski definition) is 2. The molecule has 2 aromatic rings. The lowest BCUT2D eigenvalue weighted by molar-refractivity contribution is -0.111. The van der Waals surface area contributed by atoms with Crippen molar-refractivity contribution in [1.29, 1.82) is 0 Å². The molecule has 0 atom stereocenters. The summed E-state index contributed by atoms with van der Waals surface area (Å²) in [6.07, 6.45) is 10.1. The highest BCUT2D eigenvalue weighted by atomic mass is 15.1. The molecule has 4 N–H and O–H groups in total. The van der Waals surface area contributed by atoms with Crippen LogP contribution in [-0.4, -0.2) is 41.1 Å². The first-order valence-corrected chi connectivity index (χ1v) is 8.87. The number of fused-ring (bicyclic) bond motifs is 1. The van der Waals surface area contributed by atoms with Crippen molar-refractivity contribution >= 4 is 22.3 Å². The van der Waals surface area contributed by atoms with Gasteiger partial charge in [0.15, 0.2) is 0 Å². The van der Waals surface area contributed by atoms with Gasteiger partial charge in [-0.05, 0) is 48.7 Å². The number of hydrogen-bond acceptors (Lipinski definition) is 3. The maximum Gasteiger partial charge on any atom is 0.204 e. The van der Waals surface area contributed by atoms with Crippen LogP contribution in [0.5, 0.6) is 0 Å². The van der Waals surface area contributed by atoms with Crippen LogP contribution in [0.25, 0.3) is 10.8 Å². The summed E-state index contributed by atoms with van der Waals surface area (Å²) in [6, 6.07) is 6.16. The Labute approximate surface area is 155 Å². The zero-order chi connectivity index (χ0) is 18.9. The third kappa shape index (κ3) is 5.28. The Balaban J connectivity index is 2.03. The lowest BCUT2D eigenvalue weighted by atomic mass is 9.99. The second-order valence-corrected chi connectivity index (χ2v) is 6.20. The van der Waals surface area contributed by atoms with Crippen molar-refractivity contribution in [1.82, 2.24) is 9.88 Å². The molecule has 0 saturated carbocycles. The van der Waals surface area contributed by atoms with Gasteiger partial charge in [-0.1, -0.05) is 19.6 Å². The van der Waals surface area contributed by atoms with Gasteiger partial charge in [0, 0.05) is 42.5 Å². The van der Waals surface area contributed by atoms with Gasteiger partial charge in [-0.25, -0.2) is 0 Å². The Morgan fingerprint density at radius 1 is 1.31 bits per heavy atom. The Morgan fingerprint density at radius 3 is 2.85 bits per heavy atom. The summed E-state index contributed by atoms with van der Waals surface area (Å²) in [5.41, 5.74) is 8.72. The fourth-order valence-corrected chi connectivity index (χ4v) is 2.77. The van der Waals surface area contributed by atoms with Gasteiger partial charge in [0.1, 0.15) is 5.84 Å². The highest BCUT2D eigenvalue weighted by molar-refractivity contribution is 6.10. The summed E-state index contributed by atoms with van der Waals surface area (Å²) in [7, 11) is 0. The Kier molecular flexibility index (Phi) is 7.09. The molecule has 0 unspecified atom stereocenters. The molecule has 5 nitrogen and oxygen atoms in total. The summed E-state index contributed by atoms with van der Waals surface area (Å²) >= 11 is 0. The van der Waals surface area contributed by atoms with E-state index in [1.807, 2.05) is 25.4 Å². The summed E-state index contributed by atoms with van der Waals surface area (Å²) in [6.45, 7) is 10.4. The van der Waals surface area contributed by atoms with Crippen molar-refractivity contribution in [2.24, 2.45) is 10.7 Å². The molecule has 0 aliphatic carbocycles. The number of nitrogens with two attached hydrogens (primary N) is 2. The minimum Gasteiger partial charge on any atom is -0.384 e. The van der Waals surface area contributed by atoms with Gasteiger partial charge in [0.2, 0.25) is 5.71 Å². The first-order valence-electron chi connectivity index (χ1n) is 8.87. The predicted octanol–water partition coefficient (Wildman–Crippen LogP) is 1.86. The fraction of sp³-hybridized carbons (Fsp3) is 0.286. The molecule has 2 rings (SSSR count). The monoisotopic (exact) mass is 350 g/mol. The average molecular weight is 350 g/mol. The number of amidine groups is 1. The van der Waals surface area contributed by atoms with E-state index in [-0.39, 0.29) is 0 Å². The van der Waals surface area contributed by atoms with Crippen LogP contribution in [0.2, 0.25) is 0 Å². The Morgan fingerprint density at radius 2 is 2.12 bits per heavy atom. The minimum atomic E-state index is 0.466. The number of aryl methyl sites for hydroxylation is 1. The Bertz CT molecular complexity index is 835. The van der Waals surface area contributed by atoms with E-state index in [2.05, 4.69) is 40.5 Å². The van der Waals surface area contributed by atoms with Gasteiger partial charge in [-0.3, -0.25) is 15.4 Å². The molecule has 0 bridgehead atoms. The normalized spacial score (nSPS) is 11.8. The van der Waals surface area contributed by atoms with E-state index >= 15 is 0 Å². The molecule has 1 aromatic carbocycles. The third-order valence-corrected chi connectivity index (χ3v) is 4.18. The number of nitrogens with zero attached hydrogens (tertiary/aromatic N) is 3. The van der Waals surface area contributed by atoms with E-state index in [1.54, 1.807) is 18.3 Å². The lowest BCUT2D eigenvalue weighted by Crippen LogP contribution is -2.39. The molecule has 0 saturated heterocycles. The van der Waals surface area contributed by atoms with Crippen LogP contribution >= 0.6 is 0 Å². The van der Waals surface area contributed by atoms with Crippen molar-refractivity contribution in [2.75, 3.05) is 19.6 Å². The fourth-order valence-electron chi connectivity index (χ4n) is 2.77. The van der Waals surface area contributed by atoms with E-state index in [1.165, 1.54) is 0 Å². The molecule has 5 heteroatoms. The van der Waals surface area contributed by atoms with Gasteiger partial charge in [0.05, 0.1) is 6.54 Å². The summed E-state index contributed by atoms with van der Waals surface area (Å²) in [5.74, 6) is 0.466. The first-order chi connectivity index (χ1) is 12.5. The van der Waals surface area contributed by atoms with Crippen molar-refractivity contribution < 1.29 is 5.41 Å². The smallest absolute Gasteiger partial charge is 0.204 e. The maximum atomic E-state index is 6.25. The molecular formula is C21H28N5+. The molecule has 0 aliphatic heterocycles. The number of rotatable bonds is 9. The number of pyridine rings is 1. The second-order valence-electron chi connectivity index (χ2n) is 6.20. The summed E-state index contributed by atoms with van der Waals surface area (Å²) in [5, 5.41) is 8.46. The summed E-state index contributed by atoms with van der Waals surface area (Å²) < 4.78 is 0. The zero-order valence-corrected chi connectivity index (χ0v) is 15.7. The molecule has 0 fully saturated rings. The van der Waals surface area contributed by atoms with E-state index in [9.17, 15) is 0 Å². The molecule has 0 amide bonds. The van der Waals surface area contributed by atoms with E-state index in [0.717, 1.165) is 41.4 Å². The standard InChI is InChI=1S/C21H27N5/c1-4-11-26(5-2)12-10-25-21(23)7-6-20(22)19-14-18-15-24-9-8-17(18)13-16(19)3/h5-9,13-15,22H,2,4,10-12H2,1,3H3,(H2,23,25)/p+1/b7-6-,22-20?.